The van der Waals surface area contributed by atoms with Gasteiger partial charge in [0, 0.05) is 7.05 Å². The van der Waals surface area contributed by atoms with E-state index in [2.05, 4.69) is 4.99 Å². The topological polar surface area (TPSA) is 77.4 Å². The maximum absolute atomic E-state index is 13.1. The molecule has 0 aromatic heterocycles. The smallest absolute Gasteiger partial charge is 0.337 e. The molecule has 36 heavy (non-hydrogen) atoms. The lowest BCUT2D eigenvalue weighted by Gasteiger charge is -2.11. The molecule has 3 aromatic carbocycles. The number of ether oxygens (including phenoxy) is 3. The molecule has 184 valence electrons. The van der Waals surface area contributed by atoms with E-state index in [9.17, 15) is 14.0 Å². The van der Waals surface area contributed by atoms with Gasteiger partial charge in [0.05, 0.1) is 30.4 Å². The summed E-state index contributed by atoms with van der Waals surface area (Å²) in [6.07, 6.45) is 1.76. The Bertz CT molecular complexity index is 1340. The fourth-order valence-corrected chi connectivity index (χ4v) is 4.33. The van der Waals surface area contributed by atoms with E-state index in [0.29, 0.717) is 32.8 Å². The second-order valence-corrected chi connectivity index (χ2v) is 8.74. The highest BCUT2D eigenvalue weighted by molar-refractivity contribution is 8.18. The summed E-state index contributed by atoms with van der Waals surface area (Å²) in [5.74, 6) is 0.132. The quantitative estimate of drug-likeness (QED) is 0.314. The van der Waals surface area contributed by atoms with Gasteiger partial charge in [0.1, 0.15) is 12.4 Å². The molecule has 1 amide bonds. The van der Waals surface area contributed by atoms with Gasteiger partial charge in [0.15, 0.2) is 16.7 Å². The maximum atomic E-state index is 13.1. The average molecular weight is 507 g/mol. The number of amides is 1. The van der Waals surface area contributed by atoms with Gasteiger partial charge in [0.2, 0.25) is 0 Å². The first-order valence-corrected chi connectivity index (χ1v) is 11.7. The Balaban J connectivity index is 1.49. The second kappa shape index (κ2) is 11.1. The number of amidine groups is 1. The Morgan fingerprint density at radius 1 is 1.03 bits per heavy atom. The molecule has 0 bridgehead atoms. The van der Waals surface area contributed by atoms with E-state index in [1.807, 2.05) is 6.07 Å². The molecule has 7 nitrogen and oxygen atoms in total. The number of thioether (sulfide) groups is 1. The highest BCUT2D eigenvalue weighted by Gasteiger charge is 2.30. The normalized spacial score (nSPS) is 15.4. The Labute approximate surface area is 212 Å². The number of hydrogen-bond acceptors (Lipinski definition) is 7. The number of esters is 1. The molecule has 0 unspecified atom stereocenters. The molecule has 4 rings (SSSR count). The number of rotatable bonds is 7. The molecule has 0 saturated carbocycles. The molecule has 0 spiro atoms. The van der Waals surface area contributed by atoms with E-state index < -0.39 is 5.97 Å². The highest BCUT2D eigenvalue weighted by Crippen LogP contribution is 2.35. The van der Waals surface area contributed by atoms with E-state index in [4.69, 9.17) is 14.2 Å². The van der Waals surface area contributed by atoms with Crippen LogP contribution in [0.1, 0.15) is 21.5 Å². The monoisotopic (exact) mass is 506 g/mol. The lowest BCUT2D eigenvalue weighted by atomic mass is 10.2. The average Bonchev–Trinajstić information content (AvgIpc) is 3.16. The molecule has 0 N–H and O–H groups in total. The Morgan fingerprint density at radius 3 is 2.42 bits per heavy atom. The van der Waals surface area contributed by atoms with Gasteiger partial charge >= 0.3 is 5.97 Å². The van der Waals surface area contributed by atoms with Crippen LogP contribution in [0.4, 0.5) is 10.1 Å². The number of carbonyl (C=O) groups is 2. The van der Waals surface area contributed by atoms with Crippen LogP contribution in [0.3, 0.4) is 0 Å². The van der Waals surface area contributed by atoms with Crippen LogP contribution in [-0.2, 0) is 16.1 Å². The summed E-state index contributed by atoms with van der Waals surface area (Å²) in [5, 5.41) is 0.517. The Morgan fingerprint density at radius 2 is 1.75 bits per heavy atom. The fraction of sp³-hybridized carbons (Fsp3) is 0.148. The number of hydrogen-bond donors (Lipinski definition) is 0. The number of methoxy groups -OCH3 is 2. The van der Waals surface area contributed by atoms with Crippen molar-refractivity contribution in [2.75, 3.05) is 21.3 Å². The molecule has 1 aliphatic rings. The third-order valence-corrected chi connectivity index (χ3v) is 6.37. The molecule has 1 aliphatic heterocycles. The summed E-state index contributed by atoms with van der Waals surface area (Å²) in [6, 6.07) is 18.1. The summed E-state index contributed by atoms with van der Waals surface area (Å²) >= 11 is 1.25. The van der Waals surface area contributed by atoms with Crippen LogP contribution in [-0.4, -0.2) is 43.2 Å². The minimum Gasteiger partial charge on any atom is -0.493 e. The summed E-state index contributed by atoms with van der Waals surface area (Å²) in [4.78, 5) is 30.9. The third-order valence-electron chi connectivity index (χ3n) is 5.31. The van der Waals surface area contributed by atoms with Crippen molar-refractivity contribution >= 4 is 40.6 Å². The zero-order valence-electron chi connectivity index (χ0n) is 19.9. The van der Waals surface area contributed by atoms with E-state index in [0.717, 1.165) is 11.1 Å². The van der Waals surface area contributed by atoms with Crippen molar-refractivity contribution in [3.05, 3.63) is 94.1 Å². The van der Waals surface area contributed by atoms with Gasteiger partial charge in [0.25, 0.3) is 5.91 Å². The van der Waals surface area contributed by atoms with Gasteiger partial charge in [-0.1, -0.05) is 18.2 Å². The van der Waals surface area contributed by atoms with Crippen molar-refractivity contribution in [1.82, 2.24) is 4.90 Å². The van der Waals surface area contributed by atoms with Crippen LogP contribution in [0.5, 0.6) is 11.5 Å². The van der Waals surface area contributed by atoms with Gasteiger partial charge in [-0.2, -0.15) is 0 Å². The predicted molar refractivity (Wildman–Crippen MR) is 137 cm³/mol. The van der Waals surface area contributed by atoms with Crippen LogP contribution < -0.4 is 9.47 Å². The lowest BCUT2D eigenvalue weighted by Crippen LogP contribution is -2.23. The molecular weight excluding hydrogens is 483 g/mol. The van der Waals surface area contributed by atoms with E-state index in [1.165, 1.54) is 43.0 Å². The molecule has 1 fully saturated rings. The first-order valence-electron chi connectivity index (χ1n) is 10.9. The summed E-state index contributed by atoms with van der Waals surface area (Å²) in [7, 11) is 4.52. The van der Waals surface area contributed by atoms with Gasteiger partial charge in [-0.05, 0) is 77.5 Å². The Kier molecular flexibility index (Phi) is 7.70. The molecular formula is C27H23FN2O5S. The van der Waals surface area contributed by atoms with E-state index in [1.54, 1.807) is 61.7 Å². The number of likely N-dealkylation sites (N-methyl/N-ethyl adjacent to an activating group) is 1. The molecule has 0 aliphatic carbocycles. The molecule has 0 atom stereocenters. The zero-order chi connectivity index (χ0) is 25.7. The molecule has 9 heteroatoms. The Hall–Kier alpha value is -4.11. The number of nitrogens with zero attached hydrogens (tertiary/aromatic N) is 2. The summed E-state index contributed by atoms with van der Waals surface area (Å²) in [6.45, 7) is 0.261. The molecule has 1 heterocycles. The first-order chi connectivity index (χ1) is 17.4. The standard InChI is InChI=1S/C27H23FN2O5S/c1-30-25(31)24(36-27(30)29-21-11-7-19(8-12-21)26(32)34-3)15-18-6-13-22(23(14-18)33-2)35-16-17-4-9-20(28)10-5-17/h4-15H,16H2,1-3H3/b24-15-,29-27?. The van der Waals surface area contributed by atoms with Gasteiger partial charge in [-0.15, -0.1) is 0 Å². The van der Waals surface area contributed by atoms with Gasteiger partial charge in [-0.25, -0.2) is 14.2 Å². The highest BCUT2D eigenvalue weighted by atomic mass is 32.2. The van der Waals surface area contributed by atoms with Crippen molar-refractivity contribution in [3.8, 4) is 11.5 Å². The molecule has 3 aromatic rings. The van der Waals surface area contributed by atoms with Crippen molar-refractivity contribution in [2.45, 2.75) is 6.61 Å². The molecule has 1 saturated heterocycles. The van der Waals surface area contributed by atoms with E-state index >= 15 is 0 Å². The van der Waals surface area contributed by atoms with Crippen molar-refractivity contribution in [3.63, 3.8) is 0 Å². The zero-order valence-corrected chi connectivity index (χ0v) is 20.7. The number of carbonyl (C=O) groups excluding carboxylic acids is 2. The number of halogens is 1. The third kappa shape index (κ3) is 5.75. The van der Waals surface area contributed by atoms with Crippen LogP contribution in [0.25, 0.3) is 6.08 Å². The SMILES string of the molecule is COC(=O)c1ccc(N=C2S/C(=C\c3ccc(OCc4ccc(F)cc4)c(OC)c3)C(=O)N2C)cc1. The predicted octanol–water partition coefficient (Wildman–Crippen LogP) is 5.43. The van der Waals surface area contributed by atoms with E-state index in [-0.39, 0.29) is 18.3 Å². The number of benzene rings is 3. The van der Waals surface area contributed by atoms with Crippen LogP contribution in [0.15, 0.2) is 76.6 Å². The van der Waals surface area contributed by atoms with Crippen LogP contribution in [0, 0.1) is 5.82 Å². The molecule has 0 radical (unpaired) electrons. The summed E-state index contributed by atoms with van der Waals surface area (Å²) < 4.78 is 29.1. The largest absolute Gasteiger partial charge is 0.493 e. The maximum Gasteiger partial charge on any atom is 0.337 e. The lowest BCUT2D eigenvalue weighted by molar-refractivity contribution is -0.121. The minimum atomic E-state index is -0.427. The first kappa shape index (κ1) is 25.0. The second-order valence-electron chi connectivity index (χ2n) is 7.73. The van der Waals surface area contributed by atoms with Crippen LogP contribution in [0.2, 0.25) is 0 Å². The van der Waals surface area contributed by atoms with Crippen molar-refractivity contribution < 1.29 is 28.2 Å². The summed E-state index contributed by atoms with van der Waals surface area (Å²) in [5.41, 5.74) is 2.61. The number of aliphatic imine (C=N–C) groups is 1. The van der Waals surface area contributed by atoms with Crippen molar-refractivity contribution in [2.24, 2.45) is 4.99 Å². The van der Waals surface area contributed by atoms with Crippen LogP contribution >= 0.6 is 11.8 Å². The minimum absolute atomic E-state index is 0.180. The van der Waals surface area contributed by atoms with Crippen molar-refractivity contribution in [1.29, 1.82) is 0 Å². The van der Waals surface area contributed by atoms with Gasteiger partial charge < -0.3 is 14.2 Å². The fourth-order valence-electron chi connectivity index (χ4n) is 3.34. The van der Waals surface area contributed by atoms with Gasteiger partial charge in [-0.3, -0.25) is 9.69 Å².